The number of hydrogen-bond acceptors (Lipinski definition) is 2. The topological polar surface area (TPSA) is 32.3 Å². The molecule has 2 nitrogen and oxygen atoms in total. The van der Waals surface area contributed by atoms with Crippen LogP contribution in [0.25, 0.3) is 0 Å². The zero-order valence-corrected chi connectivity index (χ0v) is 16.0. The second kappa shape index (κ2) is 6.83. The van der Waals surface area contributed by atoms with E-state index in [9.17, 15) is 5.11 Å². The summed E-state index contributed by atoms with van der Waals surface area (Å²) in [7, 11) is -1.97. The van der Waals surface area contributed by atoms with Crippen molar-refractivity contribution in [2.24, 2.45) is 0 Å². The number of nitrogens with one attached hydrogen (secondary N) is 1. The Labute approximate surface area is 146 Å². The molecule has 0 bridgehead atoms. The molecule has 2 aromatic carbocycles. The number of rotatable bonds is 5. The van der Waals surface area contributed by atoms with Crippen LogP contribution in [0.2, 0.25) is 12.6 Å². The molecule has 1 aliphatic heterocycles. The molecule has 0 radical (unpaired) electrons. The predicted molar refractivity (Wildman–Crippen MR) is 105 cm³/mol. The molecule has 0 amide bonds. The summed E-state index contributed by atoms with van der Waals surface area (Å²) < 4.78 is 0. The van der Waals surface area contributed by atoms with Gasteiger partial charge in [-0.2, -0.15) is 0 Å². The second-order valence-corrected chi connectivity index (χ2v) is 12.2. The third-order valence-electron chi connectivity index (χ3n) is 5.56. The maximum absolute atomic E-state index is 11.0. The summed E-state index contributed by atoms with van der Waals surface area (Å²) in [6.07, 6.45) is 1.88. The molecule has 2 N–H and O–H groups in total. The second-order valence-electron chi connectivity index (χ2n) is 8.01. The third kappa shape index (κ3) is 3.64. The fourth-order valence-electron chi connectivity index (χ4n) is 4.03. The van der Waals surface area contributed by atoms with Crippen molar-refractivity contribution < 1.29 is 5.11 Å². The van der Waals surface area contributed by atoms with Crippen LogP contribution in [0.5, 0.6) is 0 Å². The highest BCUT2D eigenvalue weighted by atomic mass is 28.3. The Balaban J connectivity index is 1.89. The fraction of sp³-hybridized carbons (Fsp3) is 0.429. The number of aliphatic hydroxyl groups is 1. The SMILES string of the molecule is CC1(C)CC[C@@H]([C@H](O)C[Si](C)(c2ccccc2)c2ccccc2)N1. The van der Waals surface area contributed by atoms with Gasteiger partial charge in [0.25, 0.3) is 0 Å². The van der Waals surface area contributed by atoms with Gasteiger partial charge in [-0.1, -0.05) is 77.6 Å². The molecule has 24 heavy (non-hydrogen) atoms. The van der Waals surface area contributed by atoms with Crippen LogP contribution in [0.3, 0.4) is 0 Å². The van der Waals surface area contributed by atoms with Gasteiger partial charge in [-0.05, 0) is 32.7 Å². The smallest absolute Gasteiger partial charge is 0.117 e. The summed E-state index contributed by atoms with van der Waals surface area (Å²) in [4.78, 5) is 0. The first kappa shape index (κ1) is 17.4. The van der Waals surface area contributed by atoms with Gasteiger partial charge >= 0.3 is 0 Å². The van der Waals surface area contributed by atoms with Gasteiger partial charge in [-0.15, -0.1) is 0 Å². The molecule has 0 unspecified atom stereocenters. The Bertz CT molecular complexity index is 617. The van der Waals surface area contributed by atoms with E-state index in [-0.39, 0.29) is 17.7 Å². The standard InChI is InChI=1S/C21H29NOSi/c1-21(2)15-14-19(22-21)20(23)16-24(3,17-10-6-4-7-11-17)18-12-8-5-9-13-18/h4-13,19-20,22-23H,14-16H2,1-3H3/t19-,20+/m0/s1. The van der Waals surface area contributed by atoms with Crippen LogP contribution < -0.4 is 15.7 Å². The van der Waals surface area contributed by atoms with Gasteiger partial charge in [-0.25, -0.2) is 0 Å². The number of aliphatic hydroxyl groups excluding tert-OH is 1. The van der Waals surface area contributed by atoms with Crippen LogP contribution in [0.1, 0.15) is 26.7 Å². The van der Waals surface area contributed by atoms with Crippen molar-refractivity contribution in [3.63, 3.8) is 0 Å². The Morgan fingerprint density at radius 2 is 1.54 bits per heavy atom. The highest BCUT2D eigenvalue weighted by Gasteiger charge is 2.40. The van der Waals surface area contributed by atoms with Gasteiger partial charge in [0.15, 0.2) is 0 Å². The van der Waals surface area contributed by atoms with Crippen molar-refractivity contribution in [1.29, 1.82) is 0 Å². The van der Waals surface area contributed by atoms with Gasteiger partial charge in [0.05, 0.1) is 6.10 Å². The number of benzene rings is 2. The molecular formula is C21H29NOSi. The Kier molecular flexibility index (Phi) is 4.95. The van der Waals surface area contributed by atoms with Crippen molar-refractivity contribution in [3.8, 4) is 0 Å². The van der Waals surface area contributed by atoms with Gasteiger partial charge in [0, 0.05) is 11.6 Å². The maximum Gasteiger partial charge on any atom is 0.117 e. The molecule has 2 aromatic rings. The maximum atomic E-state index is 11.0. The van der Waals surface area contributed by atoms with Gasteiger partial charge < -0.3 is 10.4 Å². The summed E-state index contributed by atoms with van der Waals surface area (Å²) in [5.41, 5.74) is 0.142. The largest absolute Gasteiger partial charge is 0.392 e. The van der Waals surface area contributed by atoms with E-state index in [1.54, 1.807) is 0 Å². The van der Waals surface area contributed by atoms with Gasteiger partial charge in [0.2, 0.25) is 0 Å². The van der Waals surface area contributed by atoms with E-state index < -0.39 is 8.07 Å². The molecule has 2 atom stereocenters. The predicted octanol–water partition coefficient (Wildman–Crippen LogP) is 2.77. The zero-order chi connectivity index (χ0) is 17.2. The average molecular weight is 340 g/mol. The van der Waals surface area contributed by atoms with Crippen LogP contribution in [0.15, 0.2) is 60.7 Å². The molecular weight excluding hydrogens is 310 g/mol. The van der Waals surface area contributed by atoms with Crippen molar-refractivity contribution in [2.45, 2.75) is 57.0 Å². The van der Waals surface area contributed by atoms with Crippen LogP contribution in [-0.2, 0) is 0 Å². The van der Waals surface area contributed by atoms with E-state index in [2.05, 4.69) is 86.4 Å². The lowest BCUT2D eigenvalue weighted by atomic mass is 10.0. The fourth-order valence-corrected chi connectivity index (χ4v) is 7.81. The molecule has 0 saturated carbocycles. The van der Waals surface area contributed by atoms with Gasteiger partial charge in [-0.3, -0.25) is 0 Å². The normalized spacial score (nSPS) is 21.6. The summed E-state index contributed by atoms with van der Waals surface area (Å²) in [5, 5.41) is 17.4. The summed E-state index contributed by atoms with van der Waals surface area (Å²) in [5.74, 6) is 0. The minimum Gasteiger partial charge on any atom is -0.392 e. The lowest BCUT2D eigenvalue weighted by molar-refractivity contribution is 0.147. The molecule has 3 heteroatoms. The van der Waals surface area contributed by atoms with Crippen molar-refractivity contribution in [2.75, 3.05) is 0 Å². The lowest BCUT2D eigenvalue weighted by Gasteiger charge is -2.33. The summed E-state index contributed by atoms with van der Waals surface area (Å²) >= 11 is 0. The molecule has 128 valence electrons. The van der Waals surface area contributed by atoms with E-state index in [0.717, 1.165) is 18.9 Å². The van der Waals surface area contributed by atoms with E-state index in [1.807, 2.05) is 0 Å². The van der Waals surface area contributed by atoms with Crippen LogP contribution in [-0.4, -0.2) is 30.9 Å². The van der Waals surface area contributed by atoms with E-state index in [0.29, 0.717) is 0 Å². The monoisotopic (exact) mass is 339 g/mol. The number of hydrogen-bond donors (Lipinski definition) is 2. The first-order chi connectivity index (χ1) is 11.4. The van der Waals surface area contributed by atoms with Crippen molar-refractivity contribution in [3.05, 3.63) is 60.7 Å². The van der Waals surface area contributed by atoms with Gasteiger partial charge in [0.1, 0.15) is 8.07 Å². The third-order valence-corrected chi connectivity index (χ3v) is 10.0. The summed E-state index contributed by atoms with van der Waals surface area (Å²) in [6.45, 7) is 6.84. The minimum absolute atomic E-state index is 0.142. The lowest BCUT2D eigenvalue weighted by Crippen LogP contribution is -2.59. The van der Waals surface area contributed by atoms with E-state index in [1.165, 1.54) is 10.4 Å². The zero-order valence-electron chi connectivity index (χ0n) is 15.0. The van der Waals surface area contributed by atoms with Crippen LogP contribution in [0, 0.1) is 0 Å². The Morgan fingerprint density at radius 3 is 1.96 bits per heavy atom. The molecule has 1 fully saturated rings. The highest BCUT2D eigenvalue weighted by Crippen LogP contribution is 2.27. The van der Waals surface area contributed by atoms with E-state index in [4.69, 9.17) is 0 Å². The first-order valence-corrected chi connectivity index (χ1v) is 11.7. The minimum atomic E-state index is -1.97. The molecule has 3 rings (SSSR count). The van der Waals surface area contributed by atoms with Crippen molar-refractivity contribution >= 4 is 18.4 Å². The molecule has 0 aromatic heterocycles. The molecule has 1 saturated heterocycles. The first-order valence-electron chi connectivity index (χ1n) is 8.98. The van der Waals surface area contributed by atoms with Crippen molar-refractivity contribution in [1.82, 2.24) is 5.32 Å². The highest BCUT2D eigenvalue weighted by molar-refractivity contribution is 7.01. The quantitative estimate of drug-likeness (QED) is 0.821. The Hall–Kier alpha value is -1.42. The molecule has 1 aliphatic rings. The molecule has 0 aliphatic carbocycles. The molecule has 1 heterocycles. The average Bonchev–Trinajstić information content (AvgIpc) is 2.96. The molecule has 0 spiro atoms. The van der Waals surface area contributed by atoms with E-state index >= 15 is 0 Å². The summed E-state index contributed by atoms with van der Waals surface area (Å²) in [6, 6.07) is 22.6. The van der Waals surface area contributed by atoms with Crippen LogP contribution >= 0.6 is 0 Å². The Morgan fingerprint density at radius 1 is 1.04 bits per heavy atom. The van der Waals surface area contributed by atoms with Crippen LogP contribution in [0.4, 0.5) is 0 Å².